The molecule has 3 rings (SSSR count). The summed E-state index contributed by atoms with van der Waals surface area (Å²) in [5.74, 6) is 1.23. The average Bonchev–Trinajstić information content (AvgIpc) is 2.50. The van der Waals surface area contributed by atoms with Gasteiger partial charge in [0.1, 0.15) is 0 Å². The maximum atomic E-state index is 2.47. The van der Waals surface area contributed by atoms with Gasteiger partial charge in [-0.05, 0) is 70.9 Å². The van der Waals surface area contributed by atoms with Crippen LogP contribution in [0.2, 0.25) is 0 Å². The largest absolute Gasteiger partial charge is 0.0587 e. The number of fused-ring (bicyclic) bond motifs is 4. The van der Waals surface area contributed by atoms with Crippen molar-refractivity contribution >= 4 is 0 Å². The lowest BCUT2D eigenvalue weighted by molar-refractivity contribution is 0.802. The van der Waals surface area contributed by atoms with Gasteiger partial charge in [-0.2, -0.15) is 0 Å². The van der Waals surface area contributed by atoms with Gasteiger partial charge in [-0.1, -0.05) is 64.1 Å². The molecule has 0 radical (unpaired) electrons. The van der Waals surface area contributed by atoms with E-state index in [1.807, 2.05) is 0 Å². The maximum Gasteiger partial charge on any atom is -0.0216 e. The van der Waals surface area contributed by atoms with E-state index in [0.717, 1.165) is 12.8 Å². The van der Waals surface area contributed by atoms with E-state index in [-0.39, 0.29) is 0 Å². The van der Waals surface area contributed by atoms with Gasteiger partial charge >= 0.3 is 0 Å². The molecule has 4 bridgehead atoms. The number of hydrogen-bond donors (Lipinski definition) is 0. The first-order chi connectivity index (χ1) is 10.5. The van der Waals surface area contributed by atoms with E-state index in [2.05, 4.69) is 64.1 Å². The Morgan fingerprint density at radius 3 is 1.36 bits per heavy atom. The van der Waals surface area contributed by atoms with Crippen molar-refractivity contribution in [3.05, 3.63) is 69.8 Å². The standard InChI is InChI=1S/C22H28/c1-15(2)21-11-7-17-6-10-20-14-18(5-9-19(21)13-17)8-12-22(20)16(3)4/h7-8,11-16H,5-6,9-10H2,1-4H3. The molecule has 1 aliphatic carbocycles. The summed E-state index contributed by atoms with van der Waals surface area (Å²) in [5, 5.41) is 0. The molecule has 0 spiro atoms. The van der Waals surface area contributed by atoms with E-state index in [1.165, 1.54) is 35.1 Å². The molecule has 0 nitrogen and oxygen atoms in total. The monoisotopic (exact) mass is 292 g/mol. The van der Waals surface area contributed by atoms with Crippen molar-refractivity contribution in [3.63, 3.8) is 0 Å². The van der Waals surface area contributed by atoms with Crippen molar-refractivity contribution in [2.45, 2.75) is 65.2 Å². The third kappa shape index (κ3) is 3.11. The molecule has 2 aromatic carbocycles. The number of aryl methyl sites for hydroxylation is 4. The fourth-order valence-electron chi connectivity index (χ4n) is 3.75. The quantitative estimate of drug-likeness (QED) is 0.654. The topological polar surface area (TPSA) is 0 Å². The smallest absolute Gasteiger partial charge is 0.0216 e. The second kappa shape index (κ2) is 6.28. The zero-order chi connectivity index (χ0) is 15.7. The van der Waals surface area contributed by atoms with Crippen LogP contribution in [0.3, 0.4) is 0 Å². The fourth-order valence-corrected chi connectivity index (χ4v) is 3.75. The second-order valence-corrected chi connectivity index (χ2v) is 7.38. The van der Waals surface area contributed by atoms with Gasteiger partial charge in [0.25, 0.3) is 0 Å². The zero-order valence-corrected chi connectivity index (χ0v) is 14.4. The minimum Gasteiger partial charge on any atom is -0.0587 e. The molecule has 2 aromatic rings. The van der Waals surface area contributed by atoms with Crippen molar-refractivity contribution in [3.8, 4) is 0 Å². The third-order valence-electron chi connectivity index (χ3n) is 5.02. The molecular formula is C22H28. The molecule has 116 valence electrons. The van der Waals surface area contributed by atoms with Gasteiger partial charge in [-0.15, -0.1) is 0 Å². The van der Waals surface area contributed by atoms with E-state index in [4.69, 9.17) is 0 Å². The van der Waals surface area contributed by atoms with Gasteiger partial charge in [0.05, 0.1) is 0 Å². The van der Waals surface area contributed by atoms with Crippen molar-refractivity contribution in [1.82, 2.24) is 0 Å². The Kier molecular flexibility index (Phi) is 4.38. The highest BCUT2D eigenvalue weighted by Gasteiger charge is 2.13. The summed E-state index contributed by atoms with van der Waals surface area (Å²) < 4.78 is 0. The molecule has 0 aromatic heterocycles. The first-order valence-electron chi connectivity index (χ1n) is 8.78. The van der Waals surface area contributed by atoms with Crippen molar-refractivity contribution in [2.24, 2.45) is 0 Å². The molecule has 0 aliphatic heterocycles. The van der Waals surface area contributed by atoms with E-state index < -0.39 is 0 Å². The molecule has 22 heavy (non-hydrogen) atoms. The molecule has 0 saturated heterocycles. The van der Waals surface area contributed by atoms with Crippen LogP contribution in [0.25, 0.3) is 0 Å². The molecule has 0 fully saturated rings. The maximum absolute atomic E-state index is 2.47. The van der Waals surface area contributed by atoms with Crippen LogP contribution in [0, 0.1) is 0 Å². The van der Waals surface area contributed by atoms with Crippen LogP contribution in [-0.2, 0) is 25.7 Å². The van der Waals surface area contributed by atoms with Gasteiger partial charge in [-0.25, -0.2) is 0 Å². The molecular weight excluding hydrogens is 264 g/mol. The average molecular weight is 292 g/mol. The Morgan fingerprint density at radius 1 is 0.591 bits per heavy atom. The SMILES string of the molecule is CC(C)c1ccc2cc1CCc1ccc(C(C)C)c(c1)CC2. The summed E-state index contributed by atoms with van der Waals surface area (Å²) in [7, 11) is 0. The van der Waals surface area contributed by atoms with E-state index in [9.17, 15) is 0 Å². The molecule has 1 aliphatic rings. The Hall–Kier alpha value is -1.56. The molecule has 0 N–H and O–H groups in total. The molecule has 0 unspecified atom stereocenters. The van der Waals surface area contributed by atoms with Gasteiger partial charge in [-0.3, -0.25) is 0 Å². The van der Waals surface area contributed by atoms with E-state index in [1.54, 1.807) is 11.1 Å². The van der Waals surface area contributed by atoms with Crippen LogP contribution < -0.4 is 0 Å². The first-order valence-corrected chi connectivity index (χ1v) is 8.78. The van der Waals surface area contributed by atoms with Crippen LogP contribution in [0.1, 0.15) is 72.9 Å². The van der Waals surface area contributed by atoms with Crippen LogP contribution in [0.15, 0.2) is 36.4 Å². The van der Waals surface area contributed by atoms with Gasteiger partial charge in [0.2, 0.25) is 0 Å². The summed E-state index contributed by atoms with van der Waals surface area (Å²) in [5.41, 5.74) is 9.18. The van der Waals surface area contributed by atoms with Crippen LogP contribution in [0.4, 0.5) is 0 Å². The highest BCUT2D eigenvalue weighted by Crippen LogP contribution is 2.27. The predicted molar refractivity (Wildman–Crippen MR) is 95.9 cm³/mol. The summed E-state index contributed by atoms with van der Waals surface area (Å²) >= 11 is 0. The number of hydrogen-bond acceptors (Lipinski definition) is 0. The summed E-state index contributed by atoms with van der Waals surface area (Å²) in [6.45, 7) is 9.22. The lowest BCUT2D eigenvalue weighted by Crippen LogP contribution is -2.06. The minimum atomic E-state index is 0.617. The summed E-state index contributed by atoms with van der Waals surface area (Å²) in [6.07, 6.45) is 4.66. The van der Waals surface area contributed by atoms with Gasteiger partial charge in [0, 0.05) is 0 Å². The fraction of sp³-hybridized carbons (Fsp3) is 0.455. The van der Waals surface area contributed by atoms with Crippen molar-refractivity contribution < 1.29 is 0 Å². The normalized spacial score (nSPS) is 14.5. The molecule has 0 amide bonds. The Balaban J connectivity index is 1.98. The Morgan fingerprint density at radius 2 is 1.00 bits per heavy atom. The molecule has 0 atom stereocenters. The van der Waals surface area contributed by atoms with Crippen molar-refractivity contribution in [2.75, 3.05) is 0 Å². The Labute approximate surface area is 135 Å². The lowest BCUT2D eigenvalue weighted by Gasteiger charge is -2.19. The van der Waals surface area contributed by atoms with Crippen LogP contribution in [-0.4, -0.2) is 0 Å². The highest BCUT2D eigenvalue weighted by atomic mass is 14.2. The zero-order valence-electron chi connectivity index (χ0n) is 14.4. The molecule has 0 heteroatoms. The molecule has 0 saturated carbocycles. The highest BCUT2D eigenvalue weighted by molar-refractivity contribution is 5.39. The number of rotatable bonds is 2. The van der Waals surface area contributed by atoms with Crippen LogP contribution in [0.5, 0.6) is 0 Å². The predicted octanol–water partition coefficient (Wildman–Crippen LogP) is 5.82. The Bertz CT molecular complexity index is 602. The van der Waals surface area contributed by atoms with Gasteiger partial charge < -0.3 is 0 Å². The van der Waals surface area contributed by atoms with Gasteiger partial charge in [0.15, 0.2) is 0 Å². The second-order valence-electron chi connectivity index (χ2n) is 7.38. The lowest BCUT2D eigenvalue weighted by atomic mass is 9.86. The third-order valence-corrected chi connectivity index (χ3v) is 5.02. The number of benzene rings is 2. The first kappa shape index (κ1) is 15.3. The van der Waals surface area contributed by atoms with E-state index >= 15 is 0 Å². The van der Waals surface area contributed by atoms with Crippen LogP contribution >= 0.6 is 0 Å². The summed E-state index contributed by atoms with van der Waals surface area (Å²) in [6, 6.07) is 14.4. The minimum absolute atomic E-state index is 0.617. The molecule has 0 heterocycles. The van der Waals surface area contributed by atoms with Crippen molar-refractivity contribution in [1.29, 1.82) is 0 Å². The van der Waals surface area contributed by atoms with E-state index in [0.29, 0.717) is 11.8 Å². The summed E-state index contributed by atoms with van der Waals surface area (Å²) in [4.78, 5) is 0.